The van der Waals surface area contributed by atoms with Crippen LogP contribution in [0.1, 0.15) is 59.7 Å². The van der Waals surface area contributed by atoms with Crippen molar-refractivity contribution in [2.24, 2.45) is 0 Å². The van der Waals surface area contributed by atoms with E-state index in [9.17, 15) is 13.2 Å². The van der Waals surface area contributed by atoms with Crippen molar-refractivity contribution in [2.75, 3.05) is 17.1 Å². The molecule has 1 aromatic heterocycles. The maximum Gasteiger partial charge on any atom is 0.252 e. The first-order chi connectivity index (χ1) is 13.3. The van der Waals surface area contributed by atoms with E-state index in [4.69, 9.17) is 4.52 Å². The number of benzene rings is 1. The molecule has 0 saturated heterocycles. The van der Waals surface area contributed by atoms with Crippen molar-refractivity contribution in [3.8, 4) is 0 Å². The Morgan fingerprint density at radius 2 is 2.00 bits per heavy atom. The second kappa shape index (κ2) is 6.88. The van der Waals surface area contributed by atoms with Crippen LogP contribution in [0.3, 0.4) is 0 Å². The van der Waals surface area contributed by atoms with E-state index in [0.717, 1.165) is 44.1 Å². The molecule has 150 valence electrons. The van der Waals surface area contributed by atoms with Crippen molar-refractivity contribution >= 4 is 21.6 Å². The molecule has 4 rings (SSSR count). The van der Waals surface area contributed by atoms with Gasteiger partial charge in [-0.25, -0.2) is 8.42 Å². The topological polar surface area (TPSA) is 105 Å². The Bertz CT molecular complexity index is 1010. The van der Waals surface area contributed by atoms with Gasteiger partial charge in [0.1, 0.15) is 5.54 Å². The summed E-state index contributed by atoms with van der Waals surface area (Å²) < 4.78 is 30.6. The number of carbonyl (C=O) groups is 1. The maximum absolute atomic E-state index is 13.0. The van der Waals surface area contributed by atoms with Gasteiger partial charge in [0, 0.05) is 19.0 Å². The van der Waals surface area contributed by atoms with Crippen molar-refractivity contribution in [2.45, 2.75) is 51.0 Å². The lowest BCUT2D eigenvalue weighted by atomic mass is 9.95. The first-order valence-corrected chi connectivity index (χ1v) is 11.4. The fourth-order valence-electron chi connectivity index (χ4n) is 4.21. The van der Waals surface area contributed by atoms with E-state index in [2.05, 4.69) is 15.5 Å². The quantitative estimate of drug-likeness (QED) is 0.838. The zero-order valence-electron chi connectivity index (χ0n) is 16.1. The Morgan fingerprint density at radius 1 is 1.25 bits per heavy atom. The molecule has 1 aliphatic heterocycles. The summed E-state index contributed by atoms with van der Waals surface area (Å²) in [6, 6.07) is 5.21. The van der Waals surface area contributed by atoms with E-state index in [1.807, 2.05) is 0 Å². The van der Waals surface area contributed by atoms with Gasteiger partial charge in [0.25, 0.3) is 5.91 Å². The Morgan fingerprint density at radius 3 is 2.64 bits per heavy atom. The minimum Gasteiger partial charge on any atom is -0.340 e. The predicted octanol–water partition coefficient (Wildman–Crippen LogP) is 2.29. The predicted molar refractivity (Wildman–Crippen MR) is 104 cm³/mol. The molecule has 28 heavy (non-hydrogen) atoms. The maximum atomic E-state index is 13.0. The fraction of sp³-hybridized carbons (Fsp3) is 0.526. The molecule has 2 aliphatic rings. The van der Waals surface area contributed by atoms with Crippen molar-refractivity contribution in [1.82, 2.24) is 15.5 Å². The van der Waals surface area contributed by atoms with Crippen LogP contribution < -0.4 is 9.62 Å². The number of sulfonamides is 1. The lowest BCUT2D eigenvalue weighted by Gasteiger charge is -2.30. The van der Waals surface area contributed by atoms with Crippen molar-refractivity contribution in [3.63, 3.8) is 0 Å². The Hall–Kier alpha value is -2.42. The van der Waals surface area contributed by atoms with E-state index >= 15 is 0 Å². The molecule has 1 aliphatic carbocycles. The number of hydrogen-bond donors (Lipinski definition) is 1. The SMILES string of the molecule is Cc1nc(C2(NC(=O)c3ccc4c(c3)CCCN4S(C)(=O)=O)CCCC2)no1. The summed E-state index contributed by atoms with van der Waals surface area (Å²) >= 11 is 0. The normalized spacial score (nSPS) is 18.7. The summed E-state index contributed by atoms with van der Waals surface area (Å²) in [5.41, 5.74) is 1.44. The van der Waals surface area contributed by atoms with Gasteiger partial charge in [0.2, 0.25) is 15.9 Å². The van der Waals surface area contributed by atoms with Crippen LogP contribution in [0.4, 0.5) is 5.69 Å². The van der Waals surface area contributed by atoms with Gasteiger partial charge >= 0.3 is 0 Å². The van der Waals surface area contributed by atoms with Crippen LogP contribution in [-0.4, -0.2) is 37.3 Å². The molecule has 0 atom stereocenters. The van der Waals surface area contributed by atoms with Crippen LogP contribution in [0.5, 0.6) is 0 Å². The highest BCUT2D eigenvalue weighted by Crippen LogP contribution is 2.38. The largest absolute Gasteiger partial charge is 0.340 e. The van der Waals surface area contributed by atoms with E-state index < -0.39 is 15.6 Å². The lowest BCUT2D eigenvalue weighted by Crippen LogP contribution is -2.44. The summed E-state index contributed by atoms with van der Waals surface area (Å²) in [6.45, 7) is 2.20. The van der Waals surface area contributed by atoms with E-state index in [1.165, 1.54) is 10.6 Å². The molecule has 1 amide bonds. The number of amides is 1. The Labute approximate surface area is 164 Å². The number of hydrogen-bond acceptors (Lipinski definition) is 6. The highest BCUT2D eigenvalue weighted by Gasteiger charge is 2.41. The average molecular weight is 404 g/mol. The summed E-state index contributed by atoms with van der Waals surface area (Å²) in [5, 5.41) is 7.18. The number of aromatic nitrogens is 2. The highest BCUT2D eigenvalue weighted by molar-refractivity contribution is 7.92. The molecular weight excluding hydrogens is 380 g/mol. The van der Waals surface area contributed by atoms with E-state index in [0.29, 0.717) is 29.5 Å². The van der Waals surface area contributed by atoms with Crippen LogP contribution in [-0.2, 0) is 22.0 Å². The van der Waals surface area contributed by atoms with Crippen LogP contribution in [0, 0.1) is 6.92 Å². The highest BCUT2D eigenvalue weighted by atomic mass is 32.2. The Balaban J connectivity index is 1.62. The summed E-state index contributed by atoms with van der Waals surface area (Å²) in [4.78, 5) is 17.4. The van der Waals surface area contributed by atoms with Crippen LogP contribution >= 0.6 is 0 Å². The van der Waals surface area contributed by atoms with Gasteiger partial charge in [-0.15, -0.1) is 0 Å². The third-order valence-corrected chi connectivity index (χ3v) is 6.76. The molecule has 1 saturated carbocycles. The van der Waals surface area contributed by atoms with Crippen LogP contribution in [0.25, 0.3) is 0 Å². The second-order valence-corrected chi connectivity index (χ2v) is 9.57. The van der Waals surface area contributed by atoms with Gasteiger partial charge in [-0.3, -0.25) is 9.10 Å². The molecular formula is C19H24N4O4S. The minimum atomic E-state index is -3.33. The number of nitrogens with one attached hydrogen (secondary N) is 1. The third kappa shape index (κ3) is 3.39. The minimum absolute atomic E-state index is 0.205. The second-order valence-electron chi connectivity index (χ2n) is 7.66. The monoisotopic (exact) mass is 404 g/mol. The average Bonchev–Trinajstić information content (AvgIpc) is 3.30. The third-order valence-electron chi connectivity index (χ3n) is 5.58. The van der Waals surface area contributed by atoms with Gasteiger partial charge in [-0.1, -0.05) is 18.0 Å². The molecule has 9 heteroatoms. The molecule has 8 nitrogen and oxygen atoms in total. The summed E-state index contributed by atoms with van der Waals surface area (Å²) in [7, 11) is -3.33. The summed E-state index contributed by atoms with van der Waals surface area (Å²) in [6.07, 6.45) is 6.20. The number of aryl methyl sites for hydroxylation is 2. The van der Waals surface area contributed by atoms with Crippen molar-refractivity contribution < 1.29 is 17.7 Å². The molecule has 0 radical (unpaired) electrons. The van der Waals surface area contributed by atoms with Gasteiger partial charge < -0.3 is 9.84 Å². The number of fused-ring (bicyclic) bond motifs is 1. The molecule has 0 bridgehead atoms. The molecule has 0 spiro atoms. The van der Waals surface area contributed by atoms with Gasteiger partial charge in [0.15, 0.2) is 5.82 Å². The standard InChI is InChI=1S/C19H24N4O4S/c1-13-20-18(22-27-13)19(9-3-4-10-19)21-17(24)15-7-8-16-14(12-15)6-5-11-23(16)28(2,25)26/h7-8,12H,3-6,9-11H2,1-2H3,(H,21,24). The number of rotatable bonds is 4. The van der Waals surface area contributed by atoms with Gasteiger partial charge in [0.05, 0.1) is 11.9 Å². The molecule has 1 aromatic carbocycles. The smallest absolute Gasteiger partial charge is 0.252 e. The van der Waals surface area contributed by atoms with Crippen molar-refractivity contribution in [1.29, 1.82) is 0 Å². The first-order valence-electron chi connectivity index (χ1n) is 9.52. The molecule has 0 unspecified atom stereocenters. The molecule has 1 fully saturated rings. The van der Waals surface area contributed by atoms with Gasteiger partial charge in [-0.2, -0.15) is 4.98 Å². The lowest BCUT2D eigenvalue weighted by molar-refractivity contribution is 0.0892. The van der Waals surface area contributed by atoms with E-state index in [-0.39, 0.29) is 5.91 Å². The first kappa shape index (κ1) is 18.9. The fourth-order valence-corrected chi connectivity index (χ4v) is 5.21. The zero-order chi connectivity index (χ0) is 19.9. The molecule has 2 heterocycles. The van der Waals surface area contributed by atoms with Gasteiger partial charge in [-0.05, 0) is 49.4 Å². The van der Waals surface area contributed by atoms with Crippen molar-refractivity contribution in [3.05, 3.63) is 41.0 Å². The molecule has 1 N–H and O–H groups in total. The number of nitrogens with zero attached hydrogens (tertiary/aromatic N) is 3. The number of carbonyl (C=O) groups excluding carboxylic acids is 1. The zero-order valence-corrected chi connectivity index (χ0v) is 16.9. The summed E-state index contributed by atoms with van der Waals surface area (Å²) in [5.74, 6) is 0.797. The van der Waals surface area contributed by atoms with Crippen LogP contribution in [0.2, 0.25) is 0 Å². The van der Waals surface area contributed by atoms with E-state index in [1.54, 1.807) is 25.1 Å². The Kier molecular flexibility index (Phi) is 4.65. The number of anilines is 1. The molecule has 2 aromatic rings. The van der Waals surface area contributed by atoms with Crippen LogP contribution in [0.15, 0.2) is 22.7 Å².